The summed E-state index contributed by atoms with van der Waals surface area (Å²) < 4.78 is 16.0. The number of hydrogen-bond acceptors (Lipinski definition) is 5. The first-order chi connectivity index (χ1) is 14.6. The number of aryl methyl sites for hydroxylation is 1. The highest BCUT2D eigenvalue weighted by atomic mass is 19.1. The molecule has 2 N–H and O–H groups in total. The van der Waals surface area contributed by atoms with Crippen LogP contribution in [0.1, 0.15) is 48.0 Å². The average Bonchev–Trinajstić information content (AvgIpc) is 3.37. The first-order valence-corrected chi connectivity index (χ1v) is 10.3. The molecule has 0 saturated heterocycles. The highest BCUT2D eigenvalue weighted by molar-refractivity contribution is 5.95. The highest BCUT2D eigenvalue weighted by Gasteiger charge is 2.26. The van der Waals surface area contributed by atoms with Crippen LogP contribution in [0.5, 0.6) is 0 Å². The molecule has 0 spiro atoms. The van der Waals surface area contributed by atoms with Crippen LogP contribution in [0, 0.1) is 12.7 Å². The number of aromatic nitrogens is 4. The molecule has 2 heterocycles. The molecule has 2 aromatic heterocycles. The van der Waals surface area contributed by atoms with Gasteiger partial charge in [0.2, 0.25) is 0 Å². The first kappa shape index (κ1) is 18.7. The van der Waals surface area contributed by atoms with Gasteiger partial charge in [0, 0.05) is 30.0 Å². The van der Waals surface area contributed by atoms with E-state index in [9.17, 15) is 9.18 Å². The van der Waals surface area contributed by atoms with Crippen molar-refractivity contribution in [2.75, 3.05) is 5.32 Å². The van der Waals surface area contributed by atoms with E-state index in [2.05, 4.69) is 25.9 Å². The molecule has 8 heteroatoms. The van der Waals surface area contributed by atoms with Crippen molar-refractivity contribution in [3.05, 3.63) is 53.7 Å². The van der Waals surface area contributed by atoms with E-state index in [1.165, 1.54) is 31.4 Å². The van der Waals surface area contributed by atoms with Crippen molar-refractivity contribution in [2.45, 2.75) is 51.1 Å². The molecule has 7 nitrogen and oxygen atoms in total. The Bertz CT molecular complexity index is 1100. The van der Waals surface area contributed by atoms with Crippen LogP contribution in [0.25, 0.3) is 16.9 Å². The van der Waals surface area contributed by atoms with Crippen molar-refractivity contribution < 1.29 is 9.18 Å². The van der Waals surface area contributed by atoms with E-state index >= 15 is 0 Å². The number of amides is 1. The van der Waals surface area contributed by atoms with Crippen LogP contribution in [0.2, 0.25) is 0 Å². The summed E-state index contributed by atoms with van der Waals surface area (Å²) in [6, 6.07) is 5.58. The van der Waals surface area contributed by atoms with Crippen molar-refractivity contribution in [2.24, 2.45) is 0 Å². The van der Waals surface area contributed by atoms with Crippen LogP contribution >= 0.6 is 0 Å². The van der Waals surface area contributed by atoms with E-state index in [1.54, 1.807) is 30.2 Å². The lowest BCUT2D eigenvalue weighted by Crippen LogP contribution is -2.26. The monoisotopic (exact) mass is 406 g/mol. The van der Waals surface area contributed by atoms with Gasteiger partial charge in [0.25, 0.3) is 5.91 Å². The van der Waals surface area contributed by atoms with E-state index in [1.807, 2.05) is 6.07 Å². The van der Waals surface area contributed by atoms with E-state index in [-0.39, 0.29) is 11.6 Å². The standard InChI is InChI=1S/C22H23FN6O/c1-13-7-19(23)18(22(30)26-16-5-6-16)9-21(13)29-12-20(27-28-29)14-8-17(11-24-10-14)25-15-3-2-4-15/h7-12,15-16,25H,2-6H2,1H3,(H,26,30). The topological polar surface area (TPSA) is 84.7 Å². The molecule has 2 aliphatic rings. The number of anilines is 1. The molecule has 1 amide bonds. The van der Waals surface area contributed by atoms with Crippen molar-refractivity contribution >= 4 is 11.6 Å². The third kappa shape index (κ3) is 3.77. The van der Waals surface area contributed by atoms with Crippen molar-refractivity contribution in [3.8, 4) is 16.9 Å². The molecule has 0 bridgehead atoms. The molecule has 5 rings (SSSR count). The third-order valence-electron chi connectivity index (χ3n) is 5.69. The predicted molar refractivity (Wildman–Crippen MR) is 111 cm³/mol. The summed E-state index contributed by atoms with van der Waals surface area (Å²) >= 11 is 0. The van der Waals surface area contributed by atoms with E-state index in [0.717, 1.165) is 24.1 Å². The van der Waals surface area contributed by atoms with Crippen LogP contribution in [-0.4, -0.2) is 38.0 Å². The Kier molecular flexibility index (Phi) is 4.69. The molecule has 154 valence electrons. The summed E-state index contributed by atoms with van der Waals surface area (Å²) in [5.41, 5.74) is 3.78. The SMILES string of the molecule is Cc1cc(F)c(C(=O)NC2CC2)cc1-n1cc(-c2cncc(NC3CCC3)c2)nn1. The summed E-state index contributed by atoms with van der Waals surface area (Å²) in [6.45, 7) is 1.78. The fraction of sp³-hybridized carbons (Fsp3) is 0.364. The Labute approximate surface area is 173 Å². The predicted octanol–water partition coefficient (Wildman–Crippen LogP) is 3.63. The Morgan fingerprint density at radius 3 is 2.70 bits per heavy atom. The molecule has 30 heavy (non-hydrogen) atoms. The van der Waals surface area contributed by atoms with Crippen molar-refractivity contribution in [1.82, 2.24) is 25.3 Å². The molecule has 1 aromatic carbocycles. The second-order valence-electron chi connectivity index (χ2n) is 8.15. The zero-order chi connectivity index (χ0) is 20.7. The summed E-state index contributed by atoms with van der Waals surface area (Å²) in [5, 5.41) is 14.8. The molecule has 0 unspecified atom stereocenters. The van der Waals surface area contributed by atoms with Gasteiger partial charge in [0.15, 0.2) is 0 Å². The minimum absolute atomic E-state index is 0.0212. The van der Waals surface area contributed by atoms with E-state index < -0.39 is 11.7 Å². The van der Waals surface area contributed by atoms with Gasteiger partial charge in [-0.25, -0.2) is 9.07 Å². The summed E-state index contributed by atoms with van der Waals surface area (Å²) in [4.78, 5) is 16.7. The molecule has 3 aromatic rings. The van der Waals surface area contributed by atoms with Crippen LogP contribution in [0.4, 0.5) is 10.1 Å². The molecule has 0 aliphatic heterocycles. The lowest BCUT2D eigenvalue weighted by atomic mass is 9.93. The summed E-state index contributed by atoms with van der Waals surface area (Å²) in [5.74, 6) is -0.927. The maximum atomic E-state index is 14.4. The summed E-state index contributed by atoms with van der Waals surface area (Å²) in [7, 11) is 0. The Hall–Kier alpha value is -3.29. The minimum Gasteiger partial charge on any atom is -0.381 e. The van der Waals surface area contributed by atoms with E-state index in [4.69, 9.17) is 0 Å². The Morgan fingerprint density at radius 1 is 1.13 bits per heavy atom. The lowest BCUT2D eigenvalue weighted by Gasteiger charge is -2.27. The quantitative estimate of drug-likeness (QED) is 0.653. The molecule has 2 saturated carbocycles. The van der Waals surface area contributed by atoms with Gasteiger partial charge >= 0.3 is 0 Å². The van der Waals surface area contributed by atoms with Gasteiger partial charge in [-0.15, -0.1) is 5.10 Å². The van der Waals surface area contributed by atoms with Crippen LogP contribution < -0.4 is 10.6 Å². The molecule has 0 radical (unpaired) electrons. The van der Waals surface area contributed by atoms with Gasteiger partial charge in [-0.05, 0) is 62.8 Å². The number of benzene rings is 1. The van der Waals surface area contributed by atoms with Gasteiger partial charge < -0.3 is 10.6 Å². The van der Waals surface area contributed by atoms with Gasteiger partial charge in [-0.1, -0.05) is 5.21 Å². The molecule has 0 atom stereocenters. The lowest BCUT2D eigenvalue weighted by molar-refractivity contribution is 0.0947. The van der Waals surface area contributed by atoms with Crippen LogP contribution in [-0.2, 0) is 0 Å². The number of carbonyl (C=O) groups is 1. The smallest absolute Gasteiger partial charge is 0.254 e. The zero-order valence-electron chi connectivity index (χ0n) is 16.7. The second kappa shape index (κ2) is 7.51. The maximum absolute atomic E-state index is 14.4. The number of nitrogens with zero attached hydrogens (tertiary/aromatic N) is 4. The van der Waals surface area contributed by atoms with Gasteiger partial charge in [0.1, 0.15) is 11.5 Å². The summed E-state index contributed by atoms with van der Waals surface area (Å²) in [6.07, 6.45) is 10.8. The number of rotatable bonds is 6. The Balaban J connectivity index is 1.42. The number of hydrogen-bond donors (Lipinski definition) is 2. The highest BCUT2D eigenvalue weighted by Crippen LogP contribution is 2.27. The number of halogens is 1. The van der Waals surface area contributed by atoms with E-state index in [0.29, 0.717) is 23.0 Å². The van der Waals surface area contributed by atoms with Crippen LogP contribution in [0.3, 0.4) is 0 Å². The first-order valence-electron chi connectivity index (χ1n) is 10.3. The fourth-order valence-electron chi connectivity index (χ4n) is 3.53. The van der Waals surface area contributed by atoms with Crippen LogP contribution in [0.15, 0.2) is 36.8 Å². The maximum Gasteiger partial charge on any atom is 0.254 e. The third-order valence-corrected chi connectivity index (χ3v) is 5.69. The van der Waals surface area contributed by atoms with Crippen molar-refractivity contribution in [3.63, 3.8) is 0 Å². The number of carbonyl (C=O) groups excluding carboxylic acids is 1. The second-order valence-corrected chi connectivity index (χ2v) is 8.15. The van der Waals surface area contributed by atoms with Crippen molar-refractivity contribution in [1.29, 1.82) is 0 Å². The van der Waals surface area contributed by atoms with Gasteiger partial charge in [-0.2, -0.15) is 0 Å². The largest absolute Gasteiger partial charge is 0.381 e. The molecular formula is C22H23FN6O. The molecule has 2 aliphatic carbocycles. The minimum atomic E-state index is -0.534. The fourth-order valence-corrected chi connectivity index (χ4v) is 3.53. The average molecular weight is 406 g/mol. The number of pyridine rings is 1. The number of nitrogens with one attached hydrogen (secondary N) is 2. The van der Waals surface area contributed by atoms with Gasteiger partial charge in [0.05, 0.1) is 23.1 Å². The molecular weight excluding hydrogens is 383 g/mol. The molecule has 2 fully saturated rings. The zero-order valence-corrected chi connectivity index (χ0v) is 16.7. The normalized spacial score (nSPS) is 16.2. The van der Waals surface area contributed by atoms with Gasteiger partial charge in [-0.3, -0.25) is 9.78 Å². The Morgan fingerprint density at radius 2 is 1.97 bits per heavy atom.